The minimum Gasteiger partial charge on any atom is -0.317 e. The van der Waals surface area contributed by atoms with Gasteiger partial charge in [-0.15, -0.1) is 0 Å². The van der Waals surface area contributed by atoms with Crippen molar-refractivity contribution in [2.45, 2.75) is 65.7 Å². The van der Waals surface area contributed by atoms with Crippen LogP contribution in [0.25, 0.3) is 0 Å². The van der Waals surface area contributed by atoms with Gasteiger partial charge in [0.1, 0.15) is 0 Å². The van der Waals surface area contributed by atoms with Gasteiger partial charge in [-0.3, -0.25) is 9.98 Å². The molecule has 0 aromatic heterocycles. The zero-order chi connectivity index (χ0) is 14.7. The van der Waals surface area contributed by atoms with Crippen LogP contribution in [0.1, 0.15) is 65.7 Å². The first kappa shape index (κ1) is 17.4. The van der Waals surface area contributed by atoms with Gasteiger partial charge >= 0.3 is 0 Å². The number of nitrogens with zero attached hydrogens (tertiary/aromatic N) is 2. The molecule has 1 aliphatic rings. The Morgan fingerprint density at radius 1 is 1.00 bits per heavy atom. The first-order valence-corrected chi connectivity index (χ1v) is 8.32. The molecular formula is C17H33N3. The van der Waals surface area contributed by atoms with E-state index >= 15 is 0 Å². The third-order valence-electron chi connectivity index (χ3n) is 3.40. The van der Waals surface area contributed by atoms with Gasteiger partial charge in [0.2, 0.25) is 0 Å². The van der Waals surface area contributed by atoms with E-state index in [-0.39, 0.29) is 5.41 Å². The van der Waals surface area contributed by atoms with Crippen LogP contribution in [0.4, 0.5) is 0 Å². The number of aliphatic imine (C=N–C) groups is 2. The van der Waals surface area contributed by atoms with E-state index in [4.69, 9.17) is 4.99 Å². The normalized spacial score (nSPS) is 16.9. The van der Waals surface area contributed by atoms with Crippen LogP contribution in [0.2, 0.25) is 0 Å². The highest BCUT2D eigenvalue weighted by atomic mass is 14.9. The smallest absolute Gasteiger partial charge is 0.0400 e. The average Bonchev–Trinajstić information content (AvgIpc) is 2.41. The Morgan fingerprint density at radius 2 is 1.65 bits per heavy atom. The molecule has 0 saturated heterocycles. The van der Waals surface area contributed by atoms with Crippen LogP contribution in [0.5, 0.6) is 0 Å². The van der Waals surface area contributed by atoms with Gasteiger partial charge in [-0.25, -0.2) is 0 Å². The minimum absolute atomic E-state index is 0.214. The predicted molar refractivity (Wildman–Crippen MR) is 90.3 cm³/mol. The molecule has 0 atom stereocenters. The van der Waals surface area contributed by atoms with E-state index in [1.165, 1.54) is 37.8 Å². The third-order valence-corrected chi connectivity index (χ3v) is 3.40. The summed E-state index contributed by atoms with van der Waals surface area (Å²) in [6.07, 6.45) is 11.0. The second kappa shape index (κ2) is 10.1. The standard InChI is InChI=1S/C17H33N3/c1-17(2,3)15-19-13-7-11-18-12-8-14-20-16-9-5-4-6-10-16/h15,18H,4-14H2,1-3H3/b19-15+. The number of nitrogens with one attached hydrogen (secondary N) is 1. The van der Waals surface area contributed by atoms with Crippen molar-refractivity contribution in [1.29, 1.82) is 0 Å². The highest BCUT2D eigenvalue weighted by molar-refractivity contribution is 5.84. The maximum atomic E-state index is 4.71. The van der Waals surface area contributed by atoms with E-state index < -0.39 is 0 Å². The third kappa shape index (κ3) is 10.1. The summed E-state index contributed by atoms with van der Waals surface area (Å²) in [5.41, 5.74) is 1.68. The molecule has 0 aromatic carbocycles. The van der Waals surface area contributed by atoms with E-state index in [0.29, 0.717) is 0 Å². The molecule has 20 heavy (non-hydrogen) atoms. The van der Waals surface area contributed by atoms with Crippen LogP contribution in [0.15, 0.2) is 9.98 Å². The van der Waals surface area contributed by atoms with E-state index in [1.807, 2.05) is 0 Å². The first-order chi connectivity index (χ1) is 9.58. The Kier molecular flexibility index (Phi) is 8.75. The average molecular weight is 279 g/mol. The molecule has 0 aromatic rings. The fraction of sp³-hybridized carbons (Fsp3) is 0.882. The molecule has 0 bridgehead atoms. The molecule has 0 amide bonds. The second-order valence-corrected chi connectivity index (χ2v) is 6.87. The maximum Gasteiger partial charge on any atom is 0.0400 e. The second-order valence-electron chi connectivity index (χ2n) is 6.87. The molecule has 1 aliphatic carbocycles. The molecule has 1 fully saturated rings. The summed E-state index contributed by atoms with van der Waals surface area (Å²) in [7, 11) is 0. The fourth-order valence-corrected chi connectivity index (χ4v) is 2.32. The van der Waals surface area contributed by atoms with Crippen molar-refractivity contribution in [3.05, 3.63) is 0 Å². The van der Waals surface area contributed by atoms with Gasteiger partial charge in [-0.2, -0.15) is 0 Å². The lowest BCUT2D eigenvalue weighted by atomic mass is 9.98. The van der Waals surface area contributed by atoms with Crippen molar-refractivity contribution < 1.29 is 0 Å². The lowest BCUT2D eigenvalue weighted by molar-refractivity contribution is 0.598. The van der Waals surface area contributed by atoms with Crippen molar-refractivity contribution in [3.63, 3.8) is 0 Å². The summed E-state index contributed by atoms with van der Waals surface area (Å²) in [6, 6.07) is 0. The lowest BCUT2D eigenvalue weighted by Crippen LogP contribution is -2.18. The van der Waals surface area contributed by atoms with Crippen LogP contribution in [0, 0.1) is 5.41 Å². The first-order valence-electron chi connectivity index (χ1n) is 8.32. The molecule has 1 saturated carbocycles. The SMILES string of the molecule is CC(C)(C)/C=N/CCCNCCCN=C1CCCCC1. The zero-order valence-electron chi connectivity index (χ0n) is 13.7. The van der Waals surface area contributed by atoms with Crippen molar-refractivity contribution in [1.82, 2.24) is 5.32 Å². The molecule has 0 unspecified atom stereocenters. The van der Waals surface area contributed by atoms with Crippen molar-refractivity contribution in [2.75, 3.05) is 26.2 Å². The van der Waals surface area contributed by atoms with Gasteiger partial charge in [0.25, 0.3) is 0 Å². The highest BCUT2D eigenvalue weighted by Crippen LogP contribution is 2.14. The van der Waals surface area contributed by atoms with E-state index in [0.717, 1.165) is 39.0 Å². The van der Waals surface area contributed by atoms with Crippen molar-refractivity contribution >= 4 is 11.9 Å². The maximum absolute atomic E-state index is 4.71. The number of rotatable bonds is 8. The number of hydrogen-bond donors (Lipinski definition) is 1. The van der Waals surface area contributed by atoms with Gasteiger partial charge in [-0.1, -0.05) is 27.2 Å². The highest BCUT2D eigenvalue weighted by Gasteiger charge is 2.05. The Labute approximate surface area is 125 Å². The van der Waals surface area contributed by atoms with Gasteiger partial charge in [-0.05, 0) is 57.0 Å². The molecule has 116 valence electrons. The van der Waals surface area contributed by atoms with Gasteiger partial charge in [0.15, 0.2) is 0 Å². The summed E-state index contributed by atoms with van der Waals surface area (Å²) in [5.74, 6) is 0. The van der Waals surface area contributed by atoms with Crippen LogP contribution in [0.3, 0.4) is 0 Å². The molecule has 1 N–H and O–H groups in total. The fourth-order valence-electron chi connectivity index (χ4n) is 2.32. The van der Waals surface area contributed by atoms with E-state index in [1.54, 1.807) is 0 Å². The van der Waals surface area contributed by atoms with Crippen molar-refractivity contribution in [3.8, 4) is 0 Å². The van der Waals surface area contributed by atoms with Crippen LogP contribution < -0.4 is 5.32 Å². The lowest BCUT2D eigenvalue weighted by Gasteiger charge is -2.12. The Bertz CT molecular complexity index is 292. The molecule has 0 spiro atoms. The van der Waals surface area contributed by atoms with Gasteiger partial charge in [0.05, 0.1) is 0 Å². The molecule has 0 radical (unpaired) electrons. The summed E-state index contributed by atoms with van der Waals surface area (Å²) in [6.45, 7) is 10.6. The van der Waals surface area contributed by atoms with Crippen LogP contribution in [-0.4, -0.2) is 38.1 Å². The van der Waals surface area contributed by atoms with Crippen LogP contribution >= 0.6 is 0 Å². The van der Waals surface area contributed by atoms with Crippen molar-refractivity contribution in [2.24, 2.45) is 15.4 Å². The molecule has 0 aliphatic heterocycles. The van der Waals surface area contributed by atoms with Crippen LogP contribution in [-0.2, 0) is 0 Å². The Hall–Kier alpha value is -0.700. The van der Waals surface area contributed by atoms with Gasteiger partial charge in [0, 0.05) is 25.0 Å². The number of hydrogen-bond acceptors (Lipinski definition) is 3. The predicted octanol–water partition coefficient (Wildman–Crippen LogP) is 3.88. The Balaban J connectivity index is 1.88. The topological polar surface area (TPSA) is 36.8 Å². The molecule has 3 heteroatoms. The Morgan fingerprint density at radius 3 is 2.30 bits per heavy atom. The van der Waals surface area contributed by atoms with Gasteiger partial charge < -0.3 is 5.32 Å². The zero-order valence-corrected chi connectivity index (χ0v) is 13.7. The quantitative estimate of drug-likeness (QED) is 0.531. The molecule has 3 nitrogen and oxygen atoms in total. The van der Waals surface area contributed by atoms with E-state index in [2.05, 4.69) is 37.3 Å². The monoisotopic (exact) mass is 279 g/mol. The summed E-state index contributed by atoms with van der Waals surface area (Å²) in [4.78, 5) is 9.16. The molecule has 0 heterocycles. The molecule has 1 rings (SSSR count). The summed E-state index contributed by atoms with van der Waals surface area (Å²) < 4.78 is 0. The summed E-state index contributed by atoms with van der Waals surface area (Å²) >= 11 is 0. The molecular weight excluding hydrogens is 246 g/mol. The minimum atomic E-state index is 0.214. The largest absolute Gasteiger partial charge is 0.317 e. The summed E-state index contributed by atoms with van der Waals surface area (Å²) in [5, 5.41) is 3.48. The van der Waals surface area contributed by atoms with E-state index in [9.17, 15) is 0 Å².